The molecule has 6 heteroatoms. The average molecular weight is 280 g/mol. The van der Waals surface area contributed by atoms with Crippen LogP contribution in [0.1, 0.15) is 11.1 Å². The molecule has 0 aliphatic rings. The molecule has 0 unspecified atom stereocenters. The summed E-state index contributed by atoms with van der Waals surface area (Å²) in [5.74, 6) is -3.22. The predicted molar refractivity (Wildman–Crippen MR) is 67.9 cm³/mol. The van der Waals surface area contributed by atoms with Crippen LogP contribution in [0.15, 0.2) is 46.6 Å². The van der Waals surface area contributed by atoms with Crippen molar-refractivity contribution < 1.29 is 17.6 Å². The number of hydrogen-bond donors (Lipinski definition) is 0. The highest BCUT2D eigenvalue weighted by atomic mass is 19.1. The Morgan fingerprint density at radius 3 is 1.20 bits per heavy atom. The van der Waals surface area contributed by atoms with Gasteiger partial charge in [-0.1, -0.05) is 12.1 Å². The van der Waals surface area contributed by atoms with Gasteiger partial charge in [0.2, 0.25) is 0 Å². The molecule has 0 spiro atoms. The second-order valence-electron chi connectivity index (χ2n) is 3.76. The molecule has 2 aromatic rings. The summed E-state index contributed by atoms with van der Waals surface area (Å²) in [6.07, 6.45) is 1.67. The normalized spacial score (nSPS) is 11.6. The minimum absolute atomic E-state index is 0.376. The van der Waals surface area contributed by atoms with Gasteiger partial charge in [-0.25, -0.2) is 17.6 Å². The maximum Gasteiger partial charge on any atom is 0.134 e. The molecule has 0 aromatic heterocycles. The molecule has 0 radical (unpaired) electrons. The summed E-state index contributed by atoms with van der Waals surface area (Å²) >= 11 is 0. The number of hydrogen-bond acceptors (Lipinski definition) is 2. The quantitative estimate of drug-likeness (QED) is 0.465. The van der Waals surface area contributed by atoms with E-state index in [-0.39, 0.29) is 11.1 Å². The van der Waals surface area contributed by atoms with Crippen molar-refractivity contribution in [2.24, 2.45) is 10.2 Å². The van der Waals surface area contributed by atoms with E-state index in [0.29, 0.717) is 0 Å². The van der Waals surface area contributed by atoms with Crippen molar-refractivity contribution in [3.05, 3.63) is 70.8 Å². The van der Waals surface area contributed by atoms with Gasteiger partial charge in [-0.2, -0.15) is 10.2 Å². The van der Waals surface area contributed by atoms with Crippen molar-refractivity contribution in [2.45, 2.75) is 0 Å². The van der Waals surface area contributed by atoms with Crippen LogP contribution in [0.3, 0.4) is 0 Å². The first-order valence-electron chi connectivity index (χ1n) is 5.54. The van der Waals surface area contributed by atoms with Gasteiger partial charge in [0.25, 0.3) is 0 Å². The predicted octanol–water partition coefficient (Wildman–Crippen LogP) is 3.70. The first kappa shape index (κ1) is 13.9. The van der Waals surface area contributed by atoms with E-state index in [1.807, 2.05) is 0 Å². The molecule has 0 aliphatic carbocycles. The lowest BCUT2D eigenvalue weighted by Crippen LogP contribution is -1.94. The van der Waals surface area contributed by atoms with Gasteiger partial charge in [0.1, 0.15) is 23.3 Å². The highest BCUT2D eigenvalue weighted by Gasteiger charge is 2.06. The smallest absolute Gasteiger partial charge is 0.134 e. The Kier molecular flexibility index (Phi) is 4.24. The van der Waals surface area contributed by atoms with E-state index >= 15 is 0 Å². The Morgan fingerprint density at radius 1 is 0.600 bits per heavy atom. The molecular weight excluding hydrogens is 272 g/mol. The van der Waals surface area contributed by atoms with Gasteiger partial charge < -0.3 is 0 Å². The van der Waals surface area contributed by atoms with Gasteiger partial charge >= 0.3 is 0 Å². The van der Waals surface area contributed by atoms with Crippen molar-refractivity contribution >= 4 is 12.4 Å². The summed E-state index contributed by atoms with van der Waals surface area (Å²) in [5, 5.41) is 6.74. The second-order valence-corrected chi connectivity index (χ2v) is 3.76. The van der Waals surface area contributed by atoms with Crippen molar-refractivity contribution in [1.82, 2.24) is 0 Å². The molecule has 0 heterocycles. The number of benzene rings is 2. The Hall–Kier alpha value is -2.50. The molecule has 0 atom stereocenters. The average Bonchev–Trinajstić information content (AvgIpc) is 2.40. The molecule has 0 saturated carbocycles. The summed E-state index contributed by atoms with van der Waals surface area (Å²) in [4.78, 5) is 0. The molecule has 0 saturated heterocycles. The van der Waals surface area contributed by atoms with Crippen molar-refractivity contribution in [2.75, 3.05) is 0 Å². The fraction of sp³-hybridized carbons (Fsp3) is 0. The lowest BCUT2D eigenvalue weighted by atomic mass is 10.2. The van der Waals surface area contributed by atoms with E-state index in [1.54, 1.807) is 0 Å². The number of rotatable bonds is 3. The first-order valence-corrected chi connectivity index (χ1v) is 5.54. The second kappa shape index (κ2) is 6.10. The molecule has 2 aromatic carbocycles. The van der Waals surface area contributed by atoms with Gasteiger partial charge in [-0.05, 0) is 24.3 Å². The van der Waals surface area contributed by atoms with E-state index in [2.05, 4.69) is 10.2 Å². The van der Waals surface area contributed by atoms with E-state index in [1.165, 1.54) is 12.1 Å². The molecule has 2 rings (SSSR count). The van der Waals surface area contributed by atoms with Crippen LogP contribution in [0.5, 0.6) is 0 Å². The number of halogens is 4. The summed E-state index contributed by atoms with van der Waals surface area (Å²) in [5.41, 5.74) is -0.752. The van der Waals surface area contributed by atoms with Crippen LogP contribution in [0.2, 0.25) is 0 Å². The maximum absolute atomic E-state index is 13.2. The highest BCUT2D eigenvalue weighted by Crippen LogP contribution is 2.10. The van der Waals surface area contributed by atoms with Crippen LogP contribution >= 0.6 is 0 Å². The molecule has 0 aliphatic heterocycles. The lowest BCUT2D eigenvalue weighted by molar-refractivity contribution is 0.579. The monoisotopic (exact) mass is 280 g/mol. The topological polar surface area (TPSA) is 24.7 Å². The Morgan fingerprint density at radius 2 is 0.900 bits per heavy atom. The van der Waals surface area contributed by atoms with Crippen molar-refractivity contribution in [3.63, 3.8) is 0 Å². The third kappa shape index (κ3) is 3.09. The fourth-order valence-corrected chi connectivity index (χ4v) is 1.45. The summed E-state index contributed by atoms with van der Waals surface area (Å²) in [6.45, 7) is 0. The molecule has 20 heavy (non-hydrogen) atoms. The minimum Gasteiger partial charge on any atom is -0.206 e. The molecule has 0 fully saturated rings. The zero-order valence-electron chi connectivity index (χ0n) is 10.0. The zero-order chi connectivity index (χ0) is 14.5. The molecule has 2 nitrogen and oxygen atoms in total. The molecular formula is C14H8F4N2. The molecule has 102 valence electrons. The van der Waals surface area contributed by atoms with E-state index < -0.39 is 23.3 Å². The Labute approximate surface area is 112 Å². The van der Waals surface area contributed by atoms with Crippen LogP contribution < -0.4 is 0 Å². The molecule has 0 bridgehead atoms. The van der Waals surface area contributed by atoms with Gasteiger partial charge in [-0.3, -0.25) is 0 Å². The summed E-state index contributed by atoms with van der Waals surface area (Å²) in [7, 11) is 0. The Balaban J connectivity index is 2.20. The van der Waals surface area contributed by atoms with E-state index in [4.69, 9.17) is 0 Å². The van der Waals surface area contributed by atoms with Crippen LogP contribution in [0.4, 0.5) is 17.6 Å². The number of nitrogens with zero attached hydrogens (tertiary/aromatic N) is 2. The van der Waals surface area contributed by atoms with Crippen LogP contribution in [0, 0.1) is 23.3 Å². The van der Waals surface area contributed by atoms with Gasteiger partial charge in [0, 0.05) is 0 Å². The molecule has 0 N–H and O–H groups in total. The minimum atomic E-state index is -0.805. The standard InChI is InChI=1S/C14H8F4N2/c15-11-3-1-4-12(16)9(11)7-19-20-8-10-13(17)5-2-6-14(10)18/h1-8H/b19-7+,20-8+. The fourth-order valence-electron chi connectivity index (χ4n) is 1.45. The van der Waals surface area contributed by atoms with Gasteiger partial charge in [0.15, 0.2) is 0 Å². The van der Waals surface area contributed by atoms with Crippen LogP contribution in [0.25, 0.3) is 0 Å². The summed E-state index contributed by atoms with van der Waals surface area (Å²) < 4.78 is 52.9. The van der Waals surface area contributed by atoms with Crippen LogP contribution in [-0.2, 0) is 0 Å². The van der Waals surface area contributed by atoms with Crippen LogP contribution in [-0.4, -0.2) is 12.4 Å². The van der Waals surface area contributed by atoms with E-state index in [9.17, 15) is 17.6 Å². The lowest BCUT2D eigenvalue weighted by Gasteiger charge is -1.97. The van der Waals surface area contributed by atoms with Crippen molar-refractivity contribution in [3.8, 4) is 0 Å². The zero-order valence-corrected chi connectivity index (χ0v) is 10.0. The third-order valence-electron chi connectivity index (χ3n) is 2.44. The van der Waals surface area contributed by atoms with Gasteiger partial charge in [0.05, 0.1) is 23.6 Å². The largest absolute Gasteiger partial charge is 0.206 e. The third-order valence-corrected chi connectivity index (χ3v) is 2.44. The van der Waals surface area contributed by atoms with Crippen molar-refractivity contribution in [1.29, 1.82) is 0 Å². The Bertz CT molecular complexity index is 581. The van der Waals surface area contributed by atoms with E-state index in [0.717, 1.165) is 36.7 Å². The first-order chi connectivity index (χ1) is 9.59. The molecule has 0 amide bonds. The summed E-state index contributed by atoms with van der Waals surface area (Å²) in [6, 6.07) is 6.66. The van der Waals surface area contributed by atoms with Gasteiger partial charge in [-0.15, -0.1) is 0 Å². The maximum atomic E-state index is 13.2. The SMILES string of the molecule is Fc1cccc(F)c1/C=N/N=C/c1c(F)cccc1F. The highest BCUT2D eigenvalue weighted by molar-refractivity contribution is 5.83.